The largest absolute Gasteiger partial charge is 0.375 e. The van der Waals surface area contributed by atoms with E-state index in [0.29, 0.717) is 0 Å². The van der Waals surface area contributed by atoms with Crippen LogP contribution in [-0.2, 0) is 10.1 Å². The summed E-state index contributed by atoms with van der Waals surface area (Å²) in [6.07, 6.45) is 3.64. The van der Waals surface area contributed by atoms with Crippen molar-refractivity contribution in [3.05, 3.63) is 0 Å². The summed E-state index contributed by atoms with van der Waals surface area (Å²) in [4.78, 5) is 0. The van der Waals surface area contributed by atoms with Crippen molar-refractivity contribution in [1.29, 1.82) is 0 Å². The molecule has 3 nitrogen and oxygen atoms in total. The molecule has 4 aliphatic carbocycles. The molecule has 6 heteroatoms. The van der Waals surface area contributed by atoms with Crippen molar-refractivity contribution in [2.75, 3.05) is 0 Å². The average Bonchev–Trinajstić information content (AvgIpc) is 2.12. The molecule has 0 aliphatic heterocycles. The summed E-state index contributed by atoms with van der Waals surface area (Å²) in [5, 5.41) is -3.98. The Morgan fingerprint density at radius 1 is 1.00 bits per heavy atom. The van der Waals surface area contributed by atoms with E-state index in [9.17, 15) is 17.2 Å². The molecule has 0 radical (unpaired) electrons. The summed E-state index contributed by atoms with van der Waals surface area (Å²) < 4.78 is 58.8. The molecule has 4 aliphatic rings. The van der Waals surface area contributed by atoms with Gasteiger partial charge in [-0.2, -0.15) is 17.2 Å². The second-order valence-electron chi connectivity index (χ2n) is 6.19. The maximum Gasteiger partial charge on any atom is 0.375 e. The van der Waals surface area contributed by atoms with Gasteiger partial charge < -0.3 is 0 Å². The molecule has 0 unspecified atom stereocenters. The van der Waals surface area contributed by atoms with Crippen molar-refractivity contribution in [2.24, 2.45) is 23.2 Å². The van der Waals surface area contributed by atoms with Crippen molar-refractivity contribution in [1.82, 2.24) is 0 Å². The molecule has 4 saturated carbocycles. The van der Waals surface area contributed by atoms with Crippen LogP contribution >= 0.6 is 0 Å². The number of halogens is 2. The quantitative estimate of drug-likeness (QED) is 0.782. The van der Waals surface area contributed by atoms with Crippen LogP contribution in [0.15, 0.2) is 0 Å². The van der Waals surface area contributed by atoms with E-state index >= 15 is 0 Å². The van der Waals surface area contributed by atoms with Crippen molar-refractivity contribution >= 4 is 10.1 Å². The van der Waals surface area contributed by atoms with Crippen LogP contribution < -0.4 is 0 Å². The van der Waals surface area contributed by atoms with E-state index in [-0.39, 0.29) is 37.0 Å². The zero-order valence-corrected chi connectivity index (χ0v) is 10.2. The van der Waals surface area contributed by atoms with Crippen LogP contribution in [0, 0.1) is 23.2 Å². The molecule has 0 amide bonds. The summed E-state index contributed by atoms with van der Waals surface area (Å²) >= 11 is 0. The molecule has 0 saturated heterocycles. The van der Waals surface area contributed by atoms with E-state index < -0.39 is 20.8 Å². The number of alkyl halides is 2. The Morgan fingerprint density at radius 2 is 1.35 bits per heavy atom. The molecule has 0 spiro atoms. The highest BCUT2D eigenvalue weighted by molar-refractivity contribution is 7.86. The van der Waals surface area contributed by atoms with Gasteiger partial charge in [0, 0.05) is 0 Å². The van der Waals surface area contributed by atoms with Crippen LogP contribution in [0.25, 0.3) is 0 Å². The summed E-state index contributed by atoms with van der Waals surface area (Å²) in [5.41, 5.74) is -1.49. The van der Waals surface area contributed by atoms with Gasteiger partial charge >= 0.3 is 15.4 Å². The number of hydrogen-bond acceptors (Lipinski definition) is 2. The van der Waals surface area contributed by atoms with Crippen LogP contribution in [0.4, 0.5) is 8.78 Å². The highest BCUT2D eigenvalue weighted by Crippen LogP contribution is 2.65. The Bertz CT molecular complexity index is 408. The maximum absolute atomic E-state index is 14.0. The average molecular weight is 266 g/mol. The molecular formula is C11H16F2O3S. The predicted molar refractivity (Wildman–Crippen MR) is 57.1 cm³/mol. The summed E-state index contributed by atoms with van der Waals surface area (Å²) in [5.74, 6) is 0.691. The van der Waals surface area contributed by atoms with E-state index in [0.717, 1.165) is 19.3 Å². The first kappa shape index (κ1) is 11.8. The second kappa shape index (κ2) is 3.20. The normalized spacial score (nSPS) is 45.2. The Kier molecular flexibility index (Phi) is 2.23. The second-order valence-corrected chi connectivity index (χ2v) is 7.65. The lowest BCUT2D eigenvalue weighted by atomic mass is 9.49. The summed E-state index contributed by atoms with van der Waals surface area (Å²) in [7, 11) is -5.30. The minimum atomic E-state index is -5.30. The Morgan fingerprint density at radius 3 is 1.65 bits per heavy atom. The minimum Gasteiger partial charge on any atom is -0.281 e. The molecule has 98 valence electrons. The van der Waals surface area contributed by atoms with Crippen LogP contribution in [-0.4, -0.2) is 18.2 Å². The predicted octanol–water partition coefficient (Wildman–Crippen LogP) is 2.68. The van der Waals surface area contributed by atoms with Gasteiger partial charge in [0.05, 0.1) is 5.41 Å². The third kappa shape index (κ3) is 1.49. The zero-order chi connectivity index (χ0) is 12.5. The van der Waals surface area contributed by atoms with E-state index in [1.165, 1.54) is 0 Å². The van der Waals surface area contributed by atoms with E-state index in [4.69, 9.17) is 4.55 Å². The van der Waals surface area contributed by atoms with Gasteiger partial charge in [0.1, 0.15) is 0 Å². The van der Waals surface area contributed by atoms with Crippen molar-refractivity contribution in [3.63, 3.8) is 0 Å². The fourth-order valence-corrected chi connectivity index (χ4v) is 5.54. The molecule has 0 heterocycles. The standard InChI is InChI=1S/C11H16F2O3S/c12-11(13,17(14,15)16)10-4-7-1-8(5-10)3-9(2-7)6-10/h7-9H,1-6H2,(H,14,15,16). The highest BCUT2D eigenvalue weighted by Gasteiger charge is 2.67. The first-order chi connectivity index (χ1) is 7.73. The number of rotatable bonds is 2. The summed E-state index contributed by atoms with van der Waals surface area (Å²) in [6.45, 7) is 0. The van der Waals surface area contributed by atoms with Crippen molar-refractivity contribution in [2.45, 2.75) is 43.8 Å². The first-order valence-corrected chi connectivity index (χ1v) is 7.52. The maximum atomic E-state index is 14.0. The molecule has 4 fully saturated rings. The molecule has 4 rings (SSSR count). The molecule has 0 aromatic heterocycles. The van der Waals surface area contributed by atoms with Gasteiger partial charge in [0.15, 0.2) is 0 Å². The Labute approximate surface area is 99.3 Å². The lowest BCUT2D eigenvalue weighted by Gasteiger charge is -2.57. The van der Waals surface area contributed by atoms with E-state index in [1.54, 1.807) is 0 Å². The van der Waals surface area contributed by atoms with E-state index in [1.807, 2.05) is 0 Å². The van der Waals surface area contributed by atoms with Gasteiger partial charge in [0.25, 0.3) is 0 Å². The molecule has 4 bridgehead atoms. The molecule has 0 aromatic rings. The lowest BCUT2D eigenvalue weighted by Crippen LogP contribution is -2.57. The van der Waals surface area contributed by atoms with Gasteiger partial charge in [-0.15, -0.1) is 0 Å². The fourth-order valence-electron chi connectivity index (χ4n) is 4.74. The topological polar surface area (TPSA) is 54.4 Å². The van der Waals surface area contributed by atoms with Crippen LogP contribution in [0.1, 0.15) is 38.5 Å². The third-order valence-corrected chi connectivity index (χ3v) is 6.06. The van der Waals surface area contributed by atoms with Gasteiger partial charge in [-0.05, 0) is 56.3 Å². The Hall–Kier alpha value is -0.230. The molecule has 1 N–H and O–H groups in total. The van der Waals surface area contributed by atoms with Crippen LogP contribution in [0.3, 0.4) is 0 Å². The monoisotopic (exact) mass is 266 g/mol. The Balaban J connectivity index is 2.02. The molecule has 17 heavy (non-hydrogen) atoms. The van der Waals surface area contributed by atoms with Gasteiger partial charge in [-0.1, -0.05) is 0 Å². The highest BCUT2D eigenvalue weighted by atomic mass is 32.2. The van der Waals surface area contributed by atoms with Crippen molar-refractivity contribution in [3.8, 4) is 0 Å². The molecular weight excluding hydrogens is 250 g/mol. The van der Waals surface area contributed by atoms with E-state index in [2.05, 4.69) is 0 Å². The fraction of sp³-hybridized carbons (Fsp3) is 1.00. The number of hydrogen-bond donors (Lipinski definition) is 1. The zero-order valence-electron chi connectivity index (χ0n) is 9.40. The third-order valence-electron chi connectivity index (χ3n) is 4.98. The van der Waals surface area contributed by atoms with Crippen molar-refractivity contribution < 1.29 is 21.8 Å². The van der Waals surface area contributed by atoms with Gasteiger partial charge in [-0.3, -0.25) is 4.55 Å². The van der Waals surface area contributed by atoms with Crippen LogP contribution in [0.5, 0.6) is 0 Å². The SMILES string of the molecule is O=S(=O)(O)C(F)(F)C12CC3CC(CC(C3)C1)C2. The molecule has 0 atom stereocenters. The minimum absolute atomic E-state index is 0.230. The summed E-state index contributed by atoms with van der Waals surface area (Å²) in [6, 6.07) is 0. The van der Waals surface area contributed by atoms with Gasteiger partial charge in [-0.25, -0.2) is 0 Å². The van der Waals surface area contributed by atoms with Gasteiger partial charge in [0.2, 0.25) is 0 Å². The van der Waals surface area contributed by atoms with Crippen LogP contribution in [0.2, 0.25) is 0 Å². The first-order valence-electron chi connectivity index (χ1n) is 6.08. The smallest absolute Gasteiger partial charge is 0.281 e. The lowest BCUT2D eigenvalue weighted by molar-refractivity contribution is -0.161. The molecule has 0 aromatic carbocycles.